The molecule has 0 fully saturated rings. The average molecular weight is 1130 g/mol. The Bertz CT molecular complexity index is 1960. The van der Waals surface area contributed by atoms with Crippen molar-refractivity contribution in [1.29, 1.82) is 0 Å². The Balaban J connectivity index is 0.000000440. The normalized spacial score (nSPS) is 11.8. The molecule has 0 atom stereocenters. The van der Waals surface area contributed by atoms with Gasteiger partial charge in [0.25, 0.3) is 0 Å². The molecule has 0 aliphatic heterocycles. The fourth-order valence-corrected chi connectivity index (χ4v) is 11.3. The maximum atomic E-state index is 12.2. The molecule has 362 valence electrons. The topological polar surface area (TPSA) is 114 Å². The van der Waals surface area contributed by atoms with Gasteiger partial charge in [-0.25, -0.2) is 16.8 Å². The SMILES string of the molecule is CCCCCCCCCc1ccc2c(CCCCCCCCC)cccc2c1S(=O)(=O)[O-].CCCCCCCCCc1ccc2c(CCCCCCCCC)cccc2c1S(=O)(=O)[O-].[Pb+2]. The minimum Gasteiger partial charge on any atom is -0.744 e. The smallest absolute Gasteiger partial charge is 0.744 e. The first-order valence-electron chi connectivity index (χ1n) is 26.0. The standard InChI is InChI=1S/2C28H44O3S.Pb/c2*1-3-5-7-9-11-13-15-18-24-20-17-21-27-26(24)23-22-25(28(27)32(29,30)31)19-16-14-12-10-8-6-4-2;/h2*17,20-23H,3-16,18-19H2,1-2H3,(H,29,30,31);/q;;+2/p-2. The molecule has 4 rings (SSSR count). The molecule has 0 saturated carbocycles. The van der Waals surface area contributed by atoms with Gasteiger partial charge in [0, 0.05) is 0 Å². The van der Waals surface area contributed by atoms with Crippen molar-refractivity contribution in [1.82, 2.24) is 0 Å². The molecule has 0 amide bonds. The van der Waals surface area contributed by atoms with Gasteiger partial charge < -0.3 is 9.11 Å². The quantitative estimate of drug-likeness (QED) is 0.0261. The summed E-state index contributed by atoms with van der Waals surface area (Å²) in [6.45, 7) is 8.89. The Morgan fingerprint density at radius 3 is 0.815 bits per heavy atom. The van der Waals surface area contributed by atoms with Crippen LogP contribution in [0.3, 0.4) is 0 Å². The Morgan fingerprint density at radius 2 is 0.554 bits per heavy atom. The van der Waals surface area contributed by atoms with Crippen LogP contribution in [0.2, 0.25) is 0 Å². The molecule has 0 aliphatic carbocycles. The molecule has 4 aromatic carbocycles. The van der Waals surface area contributed by atoms with Crippen LogP contribution in [0.1, 0.15) is 230 Å². The number of unbranched alkanes of at least 4 members (excludes halogenated alkanes) is 24. The van der Waals surface area contributed by atoms with Crippen molar-refractivity contribution < 1.29 is 25.9 Å². The van der Waals surface area contributed by atoms with Gasteiger partial charge in [-0.15, -0.1) is 0 Å². The zero-order valence-corrected chi connectivity index (χ0v) is 46.7. The summed E-state index contributed by atoms with van der Waals surface area (Å²) in [5.41, 5.74) is 3.69. The number of hydrogen-bond acceptors (Lipinski definition) is 6. The van der Waals surface area contributed by atoms with Crippen molar-refractivity contribution in [3.8, 4) is 0 Å². The second-order valence-electron chi connectivity index (χ2n) is 18.5. The van der Waals surface area contributed by atoms with E-state index in [0.717, 1.165) is 73.3 Å². The van der Waals surface area contributed by atoms with Crippen LogP contribution in [0.5, 0.6) is 0 Å². The first kappa shape index (κ1) is 59.3. The summed E-state index contributed by atoms with van der Waals surface area (Å²) in [5, 5.41) is 3.08. The van der Waals surface area contributed by atoms with Gasteiger partial charge in [0.1, 0.15) is 20.2 Å². The Morgan fingerprint density at radius 1 is 0.308 bits per heavy atom. The van der Waals surface area contributed by atoms with Crippen LogP contribution in [0, 0.1) is 0 Å². The molecule has 65 heavy (non-hydrogen) atoms. The van der Waals surface area contributed by atoms with Gasteiger partial charge in [-0.2, -0.15) is 0 Å². The molecule has 0 spiro atoms. The van der Waals surface area contributed by atoms with Crippen molar-refractivity contribution in [2.75, 3.05) is 0 Å². The maximum absolute atomic E-state index is 12.2. The maximum Gasteiger partial charge on any atom is 2.00 e. The van der Waals surface area contributed by atoms with Crippen LogP contribution in [0.4, 0.5) is 0 Å². The number of rotatable bonds is 34. The van der Waals surface area contributed by atoms with Crippen LogP contribution in [0.15, 0.2) is 70.5 Å². The summed E-state index contributed by atoms with van der Waals surface area (Å²) in [6, 6.07) is 19.4. The van der Waals surface area contributed by atoms with E-state index in [1.165, 1.54) is 141 Å². The van der Waals surface area contributed by atoms with Crippen molar-refractivity contribution in [3.63, 3.8) is 0 Å². The van der Waals surface area contributed by atoms with E-state index in [-0.39, 0.29) is 37.1 Å². The van der Waals surface area contributed by atoms with Gasteiger partial charge >= 0.3 is 27.3 Å². The minimum absolute atomic E-state index is 0. The molecule has 2 radical (unpaired) electrons. The number of benzene rings is 4. The summed E-state index contributed by atoms with van der Waals surface area (Å²) in [7, 11) is -9.04. The van der Waals surface area contributed by atoms with Gasteiger partial charge in [0.05, 0.1) is 9.79 Å². The molecule has 0 saturated heterocycles. The van der Waals surface area contributed by atoms with E-state index in [1.807, 2.05) is 48.5 Å². The minimum atomic E-state index is -4.52. The number of aryl methyl sites for hydroxylation is 4. The zero-order chi connectivity index (χ0) is 46.5. The van der Waals surface area contributed by atoms with E-state index in [1.54, 1.807) is 0 Å². The van der Waals surface area contributed by atoms with E-state index in [0.29, 0.717) is 34.7 Å². The third-order valence-corrected chi connectivity index (χ3v) is 15.0. The predicted octanol–water partition coefficient (Wildman–Crippen LogP) is 16.3. The Kier molecular flexibility index (Phi) is 31.4. The van der Waals surface area contributed by atoms with Gasteiger partial charge in [-0.1, -0.05) is 242 Å². The van der Waals surface area contributed by atoms with Crippen LogP contribution < -0.4 is 0 Å². The second-order valence-corrected chi connectivity index (χ2v) is 21.2. The molecule has 0 aromatic heterocycles. The monoisotopic (exact) mass is 1130 g/mol. The van der Waals surface area contributed by atoms with Crippen LogP contribution in [0.25, 0.3) is 21.5 Å². The van der Waals surface area contributed by atoms with Crippen molar-refractivity contribution in [2.45, 2.75) is 243 Å². The van der Waals surface area contributed by atoms with Gasteiger partial charge in [0.15, 0.2) is 0 Å². The first-order chi connectivity index (χ1) is 31.0. The summed E-state index contributed by atoms with van der Waals surface area (Å²) < 4.78 is 73.3. The number of hydrogen-bond donors (Lipinski definition) is 0. The van der Waals surface area contributed by atoms with E-state index in [9.17, 15) is 25.9 Å². The fourth-order valence-electron chi connectivity index (χ4n) is 9.39. The van der Waals surface area contributed by atoms with Gasteiger partial charge in [-0.05, 0) is 95.2 Å². The first-order valence-corrected chi connectivity index (χ1v) is 28.8. The molecule has 0 bridgehead atoms. The predicted molar refractivity (Wildman–Crippen MR) is 276 cm³/mol. The van der Waals surface area contributed by atoms with Crippen molar-refractivity contribution in [2.24, 2.45) is 0 Å². The summed E-state index contributed by atoms with van der Waals surface area (Å²) in [6.07, 6.45) is 37.1. The summed E-state index contributed by atoms with van der Waals surface area (Å²) >= 11 is 0. The third-order valence-electron chi connectivity index (χ3n) is 13.1. The Hall–Kier alpha value is -1.86. The molecule has 0 N–H and O–H groups in total. The molecule has 6 nitrogen and oxygen atoms in total. The summed E-state index contributed by atoms with van der Waals surface area (Å²) in [4.78, 5) is 0.0322. The van der Waals surface area contributed by atoms with Crippen LogP contribution in [-0.2, 0) is 45.9 Å². The molecule has 0 heterocycles. The second kappa shape index (κ2) is 34.4. The van der Waals surface area contributed by atoms with E-state index in [4.69, 9.17) is 0 Å². The zero-order valence-electron chi connectivity index (χ0n) is 41.2. The molecular formula is C56H86O6PbS2. The van der Waals surface area contributed by atoms with E-state index in [2.05, 4.69) is 39.8 Å². The number of fused-ring (bicyclic) bond motifs is 2. The van der Waals surface area contributed by atoms with Gasteiger partial charge in [0.2, 0.25) is 0 Å². The van der Waals surface area contributed by atoms with Crippen molar-refractivity contribution in [3.05, 3.63) is 82.9 Å². The molecule has 0 aliphatic rings. The van der Waals surface area contributed by atoms with Crippen LogP contribution in [-0.4, -0.2) is 53.2 Å². The Labute approximate surface area is 418 Å². The molecule has 0 unspecified atom stereocenters. The molecule has 9 heteroatoms. The van der Waals surface area contributed by atoms with E-state index >= 15 is 0 Å². The fraction of sp³-hybridized carbons (Fsp3) is 0.643. The van der Waals surface area contributed by atoms with E-state index < -0.39 is 20.2 Å². The average Bonchev–Trinajstić information content (AvgIpc) is 3.27. The largest absolute Gasteiger partial charge is 2.00 e. The van der Waals surface area contributed by atoms with Crippen LogP contribution >= 0.6 is 0 Å². The molecular weight excluding hydrogens is 1040 g/mol. The summed E-state index contributed by atoms with van der Waals surface area (Å²) in [5.74, 6) is 0. The molecule has 4 aromatic rings. The van der Waals surface area contributed by atoms with Gasteiger partial charge in [-0.3, -0.25) is 0 Å². The third kappa shape index (κ3) is 22.4. The van der Waals surface area contributed by atoms with Crippen molar-refractivity contribution >= 4 is 69.1 Å².